The van der Waals surface area contributed by atoms with Crippen molar-refractivity contribution >= 4 is 0 Å². The van der Waals surface area contributed by atoms with Crippen LogP contribution in [0.3, 0.4) is 0 Å². The van der Waals surface area contributed by atoms with E-state index in [1.807, 2.05) is 36.0 Å². The molecule has 3 heterocycles. The average Bonchev–Trinajstić information content (AvgIpc) is 2.86. The van der Waals surface area contributed by atoms with Gasteiger partial charge >= 0.3 is 0 Å². The minimum atomic E-state index is 0.274. The van der Waals surface area contributed by atoms with E-state index in [-0.39, 0.29) is 6.10 Å². The molecule has 1 aliphatic heterocycles. The predicted octanol–water partition coefficient (Wildman–Crippen LogP) is 1.61. The quantitative estimate of drug-likeness (QED) is 0.909. The number of nitrogens with zero attached hydrogens (tertiary/aromatic N) is 3. The maximum absolute atomic E-state index is 5.95. The van der Waals surface area contributed by atoms with Crippen molar-refractivity contribution in [1.29, 1.82) is 0 Å². The minimum absolute atomic E-state index is 0.274. The Hall–Kier alpha value is -1.88. The van der Waals surface area contributed by atoms with E-state index in [0.29, 0.717) is 5.88 Å². The van der Waals surface area contributed by atoms with Crippen molar-refractivity contribution in [2.24, 2.45) is 7.05 Å². The third-order valence-electron chi connectivity index (χ3n) is 3.38. The van der Waals surface area contributed by atoms with Gasteiger partial charge < -0.3 is 10.1 Å². The molecule has 1 fully saturated rings. The number of hydrogen-bond acceptors (Lipinski definition) is 4. The second-order valence-corrected chi connectivity index (χ2v) is 4.77. The Kier molecular flexibility index (Phi) is 3.46. The van der Waals surface area contributed by atoms with Crippen LogP contribution in [0.25, 0.3) is 11.4 Å². The van der Waals surface area contributed by atoms with Gasteiger partial charge in [0.15, 0.2) is 0 Å². The summed E-state index contributed by atoms with van der Waals surface area (Å²) in [6.45, 7) is 2.04. The highest BCUT2D eigenvalue weighted by atomic mass is 16.5. The third kappa shape index (κ3) is 2.76. The molecule has 0 radical (unpaired) electrons. The van der Waals surface area contributed by atoms with E-state index >= 15 is 0 Å². The minimum Gasteiger partial charge on any atom is -0.474 e. The van der Waals surface area contributed by atoms with Gasteiger partial charge in [0.05, 0.1) is 11.4 Å². The second-order valence-electron chi connectivity index (χ2n) is 4.77. The second kappa shape index (κ2) is 5.40. The highest BCUT2D eigenvalue weighted by Crippen LogP contribution is 2.20. The maximum Gasteiger partial charge on any atom is 0.214 e. The summed E-state index contributed by atoms with van der Waals surface area (Å²) in [5.41, 5.74) is 1.89. The third-order valence-corrected chi connectivity index (χ3v) is 3.38. The fraction of sp³-hybridized carbons (Fsp3) is 0.429. The Balaban J connectivity index is 1.78. The SMILES string of the molecule is Cn1nccc1-c1cccc(OC2CCNCC2)n1. The molecule has 5 heteroatoms. The zero-order valence-electron chi connectivity index (χ0n) is 11.0. The molecule has 0 atom stereocenters. The van der Waals surface area contributed by atoms with Crippen molar-refractivity contribution < 1.29 is 4.74 Å². The number of pyridine rings is 1. The van der Waals surface area contributed by atoms with E-state index < -0.39 is 0 Å². The summed E-state index contributed by atoms with van der Waals surface area (Å²) in [7, 11) is 1.91. The highest BCUT2D eigenvalue weighted by Gasteiger charge is 2.15. The molecule has 1 aliphatic rings. The smallest absolute Gasteiger partial charge is 0.214 e. The zero-order chi connectivity index (χ0) is 13.1. The van der Waals surface area contributed by atoms with Gasteiger partial charge in [0.25, 0.3) is 0 Å². The molecule has 0 amide bonds. The summed E-state index contributed by atoms with van der Waals surface area (Å²) < 4.78 is 7.77. The molecular formula is C14H18N4O. The lowest BCUT2D eigenvalue weighted by Crippen LogP contribution is -2.34. The number of aromatic nitrogens is 3. The van der Waals surface area contributed by atoms with E-state index in [1.165, 1.54) is 0 Å². The van der Waals surface area contributed by atoms with Crippen LogP contribution in [0.2, 0.25) is 0 Å². The van der Waals surface area contributed by atoms with Gasteiger partial charge in [-0.15, -0.1) is 0 Å². The Morgan fingerprint density at radius 2 is 2.11 bits per heavy atom. The lowest BCUT2D eigenvalue weighted by atomic mass is 10.1. The van der Waals surface area contributed by atoms with Gasteiger partial charge in [-0.05, 0) is 38.1 Å². The number of aryl methyl sites for hydroxylation is 1. The number of ether oxygens (including phenoxy) is 1. The molecule has 2 aromatic rings. The average molecular weight is 258 g/mol. The molecule has 1 N–H and O–H groups in total. The predicted molar refractivity (Wildman–Crippen MR) is 73.0 cm³/mol. The Labute approximate surface area is 112 Å². The first-order chi connectivity index (χ1) is 9.33. The van der Waals surface area contributed by atoms with Crippen molar-refractivity contribution in [3.63, 3.8) is 0 Å². The Morgan fingerprint density at radius 3 is 2.84 bits per heavy atom. The van der Waals surface area contributed by atoms with Crippen LogP contribution >= 0.6 is 0 Å². The van der Waals surface area contributed by atoms with E-state index in [9.17, 15) is 0 Å². The summed E-state index contributed by atoms with van der Waals surface area (Å²) in [5, 5.41) is 7.50. The van der Waals surface area contributed by atoms with Crippen LogP contribution in [0.1, 0.15) is 12.8 Å². The standard InChI is InChI=1S/C14H18N4O/c1-18-13(7-10-16-18)12-3-2-4-14(17-12)19-11-5-8-15-9-6-11/h2-4,7,10-11,15H,5-6,8-9H2,1H3. The lowest BCUT2D eigenvalue weighted by Gasteiger charge is -2.23. The van der Waals surface area contributed by atoms with E-state index in [1.54, 1.807) is 6.20 Å². The molecule has 3 rings (SSSR count). The van der Waals surface area contributed by atoms with Gasteiger partial charge in [-0.1, -0.05) is 6.07 Å². The molecule has 0 bridgehead atoms. The summed E-state index contributed by atoms with van der Waals surface area (Å²) in [6, 6.07) is 7.83. The number of nitrogens with one attached hydrogen (secondary N) is 1. The van der Waals surface area contributed by atoms with Crippen molar-refractivity contribution in [3.8, 4) is 17.3 Å². The summed E-state index contributed by atoms with van der Waals surface area (Å²) in [5.74, 6) is 0.700. The fourth-order valence-corrected chi connectivity index (χ4v) is 2.33. The van der Waals surface area contributed by atoms with Gasteiger partial charge in [0, 0.05) is 19.3 Å². The van der Waals surface area contributed by atoms with E-state index in [0.717, 1.165) is 37.3 Å². The number of piperidine rings is 1. The molecule has 2 aromatic heterocycles. The topological polar surface area (TPSA) is 52.0 Å². The maximum atomic E-state index is 5.95. The van der Waals surface area contributed by atoms with Crippen molar-refractivity contribution in [2.45, 2.75) is 18.9 Å². The fourth-order valence-electron chi connectivity index (χ4n) is 2.33. The molecule has 0 spiro atoms. The number of rotatable bonds is 3. The van der Waals surface area contributed by atoms with Crippen LogP contribution in [-0.4, -0.2) is 34.0 Å². The molecule has 19 heavy (non-hydrogen) atoms. The molecule has 5 nitrogen and oxygen atoms in total. The summed E-state index contributed by atoms with van der Waals surface area (Å²) in [6.07, 6.45) is 4.13. The Bertz CT molecular complexity index is 546. The molecule has 0 aliphatic carbocycles. The van der Waals surface area contributed by atoms with Crippen LogP contribution in [0, 0.1) is 0 Å². The molecule has 100 valence electrons. The van der Waals surface area contributed by atoms with Crippen LogP contribution < -0.4 is 10.1 Å². The van der Waals surface area contributed by atoms with Gasteiger partial charge in [-0.3, -0.25) is 4.68 Å². The van der Waals surface area contributed by atoms with E-state index in [4.69, 9.17) is 4.74 Å². The highest BCUT2D eigenvalue weighted by molar-refractivity contribution is 5.54. The Morgan fingerprint density at radius 1 is 1.26 bits per heavy atom. The van der Waals surface area contributed by atoms with Crippen molar-refractivity contribution in [2.75, 3.05) is 13.1 Å². The normalized spacial score (nSPS) is 16.5. The number of hydrogen-bond donors (Lipinski definition) is 1. The van der Waals surface area contributed by atoms with Crippen molar-refractivity contribution in [3.05, 3.63) is 30.5 Å². The molecular weight excluding hydrogens is 240 g/mol. The summed E-state index contributed by atoms with van der Waals surface area (Å²) >= 11 is 0. The molecule has 0 saturated carbocycles. The van der Waals surface area contributed by atoms with Crippen LogP contribution in [0.5, 0.6) is 5.88 Å². The van der Waals surface area contributed by atoms with Gasteiger partial charge in [0.1, 0.15) is 6.10 Å². The first-order valence-electron chi connectivity index (χ1n) is 6.66. The lowest BCUT2D eigenvalue weighted by molar-refractivity contribution is 0.156. The molecule has 1 saturated heterocycles. The summed E-state index contributed by atoms with van der Waals surface area (Å²) in [4.78, 5) is 4.57. The molecule has 0 aromatic carbocycles. The van der Waals surface area contributed by atoms with Crippen molar-refractivity contribution in [1.82, 2.24) is 20.1 Å². The van der Waals surface area contributed by atoms with Crippen LogP contribution in [-0.2, 0) is 7.05 Å². The largest absolute Gasteiger partial charge is 0.474 e. The van der Waals surface area contributed by atoms with Crippen LogP contribution in [0.15, 0.2) is 30.5 Å². The van der Waals surface area contributed by atoms with Gasteiger partial charge in [-0.25, -0.2) is 4.98 Å². The zero-order valence-corrected chi connectivity index (χ0v) is 11.0. The van der Waals surface area contributed by atoms with Crippen LogP contribution in [0.4, 0.5) is 0 Å². The van der Waals surface area contributed by atoms with E-state index in [2.05, 4.69) is 15.4 Å². The van der Waals surface area contributed by atoms with Gasteiger partial charge in [-0.2, -0.15) is 5.10 Å². The monoisotopic (exact) mass is 258 g/mol. The molecule has 0 unspecified atom stereocenters. The first kappa shape index (κ1) is 12.2. The van der Waals surface area contributed by atoms with Gasteiger partial charge in [0.2, 0.25) is 5.88 Å². The first-order valence-corrected chi connectivity index (χ1v) is 6.66.